The van der Waals surface area contributed by atoms with Crippen molar-refractivity contribution in [1.29, 1.82) is 0 Å². The van der Waals surface area contributed by atoms with Gasteiger partial charge in [-0.25, -0.2) is 4.68 Å². The van der Waals surface area contributed by atoms with Gasteiger partial charge in [0.15, 0.2) is 0 Å². The van der Waals surface area contributed by atoms with E-state index in [-0.39, 0.29) is 17.9 Å². The minimum atomic E-state index is -0.309. The average Bonchev–Trinajstić information content (AvgIpc) is 3.04. The van der Waals surface area contributed by atoms with Crippen molar-refractivity contribution in [3.63, 3.8) is 0 Å². The molecule has 1 aliphatic heterocycles. The van der Waals surface area contributed by atoms with Gasteiger partial charge in [0.2, 0.25) is 0 Å². The predicted octanol–water partition coefficient (Wildman–Crippen LogP) is 0.505. The molecule has 2 unspecified atom stereocenters. The zero-order valence-corrected chi connectivity index (χ0v) is 11.8. The van der Waals surface area contributed by atoms with Gasteiger partial charge in [0.25, 0.3) is 5.91 Å². The Labute approximate surface area is 122 Å². The third-order valence-electron chi connectivity index (χ3n) is 3.88. The Bertz CT molecular complexity index is 611. The molecule has 1 fully saturated rings. The van der Waals surface area contributed by atoms with E-state index in [1.807, 2.05) is 19.1 Å². The van der Waals surface area contributed by atoms with Gasteiger partial charge in [-0.15, -0.1) is 5.10 Å². The number of aromatic nitrogens is 4. The first-order valence-electron chi connectivity index (χ1n) is 6.96. The SMILES string of the molecule is CC1CN(C(=O)c2ccc(-n3cnnn3)cc2)CCC1O. The molecule has 2 heterocycles. The van der Waals surface area contributed by atoms with Crippen LogP contribution in [0.1, 0.15) is 23.7 Å². The number of carbonyl (C=O) groups excluding carboxylic acids is 1. The summed E-state index contributed by atoms with van der Waals surface area (Å²) in [7, 11) is 0. The second-order valence-corrected chi connectivity index (χ2v) is 5.39. The van der Waals surface area contributed by atoms with Crippen molar-refractivity contribution in [3.05, 3.63) is 36.2 Å². The maximum Gasteiger partial charge on any atom is 0.253 e. The highest BCUT2D eigenvalue weighted by Crippen LogP contribution is 2.19. The van der Waals surface area contributed by atoms with E-state index in [1.165, 1.54) is 11.0 Å². The van der Waals surface area contributed by atoms with E-state index in [2.05, 4.69) is 15.5 Å². The lowest BCUT2D eigenvalue weighted by Gasteiger charge is -2.34. The van der Waals surface area contributed by atoms with Crippen LogP contribution in [-0.2, 0) is 0 Å². The Balaban J connectivity index is 1.73. The number of rotatable bonds is 2. The number of hydrogen-bond donors (Lipinski definition) is 1. The first-order valence-corrected chi connectivity index (χ1v) is 6.96. The van der Waals surface area contributed by atoms with Crippen LogP contribution in [0.25, 0.3) is 5.69 Å². The van der Waals surface area contributed by atoms with Crippen molar-refractivity contribution in [2.45, 2.75) is 19.4 Å². The van der Waals surface area contributed by atoms with Crippen LogP contribution in [-0.4, -0.2) is 55.3 Å². The molecule has 0 aliphatic carbocycles. The number of amides is 1. The predicted molar refractivity (Wildman–Crippen MR) is 74.8 cm³/mol. The minimum absolute atomic E-state index is 0.00276. The van der Waals surface area contributed by atoms with Crippen LogP contribution in [0.5, 0.6) is 0 Å². The summed E-state index contributed by atoms with van der Waals surface area (Å²) in [5.74, 6) is 0.111. The summed E-state index contributed by atoms with van der Waals surface area (Å²) in [6.45, 7) is 3.15. The van der Waals surface area contributed by atoms with Crippen LogP contribution in [0.3, 0.4) is 0 Å². The van der Waals surface area contributed by atoms with E-state index in [0.29, 0.717) is 25.1 Å². The highest BCUT2D eigenvalue weighted by Gasteiger charge is 2.27. The number of benzene rings is 1. The molecular formula is C14H17N5O2. The molecule has 1 aromatic carbocycles. The number of nitrogens with zero attached hydrogens (tertiary/aromatic N) is 5. The number of likely N-dealkylation sites (tertiary alicyclic amines) is 1. The lowest BCUT2D eigenvalue weighted by atomic mass is 9.96. The molecule has 7 heteroatoms. The number of tetrazole rings is 1. The number of carbonyl (C=O) groups is 1. The van der Waals surface area contributed by atoms with E-state index in [9.17, 15) is 9.90 Å². The summed E-state index contributed by atoms with van der Waals surface area (Å²) in [6.07, 6.45) is 1.83. The summed E-state index contributed by atoms with van der Waals surface area (Å²) in [5.41, 5.74) is 1.44. The fourth-order valence-corrected chi connectivity index (χ4v) is 2.54. The molecule has 2 aromatic rings. The monoisotopic (exact) mass is 287 g/mol. The van der Waals surface area contributed by atoms with Crippen LogP contribution >= 0.6 is 0 Å². The highest BCUT2D eigenvalue weighted by molar-refractivity contribution is 5.94. The van der Waals surface area contributed by atoms with Crippen molar-refractivity contribution in [2.24, 2.45) is 5.92 Å². The van der Waals surface area contributed by atoms with Crippen LogP contribution < -0.4 is 0 Å². The molecule has 0 saturated carbocycles. The molecule has 7 nitrogen and oxygen atoms in total. The third-order valence-corrected chi connectivity index (χ3v) is 3.88. The van der Waals surface area contributed by atoms with Crippen LogP contribution in [0.4, 0.5) is 0 Å². The Morgan fingerprint density at radius 2 is 2.10 bits per heavy atom. The molecule has 0 spiro atoms. The number of hydrogen-bond acceptors (Lipinski definition) is 5. The molecule has 1 aliphatic rings. The van der Waals surface area contributed by atoms with Gasteiger partial charge in [-0.05, 0) is 47.0 Å². The first kappa shape index (κ1) is 13.7. The third kappa shape index (κ3) is 2.78. The average molecular weight is 287 g/mol. The van der Waals surface area contributed by atoms with Gasteiger partial charge < -0.3 is 10.0 Å². The molecule has 2 atom stereocenters. The Hall–Kier alpha value is -2.28. The maximum absolute atomic E-state index is 12.4. The van der Waals surface area contributed by atoms with Gasteiger partial charge in [-0.2, -0.15) is 0 Å². The van der Waals surface area contributed by atoms with Crippen LogP contribution in [0.2, 0.25) is 0 Å². The molecule has 1 amide bonds. The molecule has 1 saturated heterocycles. The number of aliphatic hydroxyl groups is 1. The van der Waals surface area contributed by atoms with E-state index >= 15 is 0 Å². The summed E-state index contributed by atoms with van der Waals surface area (Å²) in [6, 6.07) is 7.17. The standard InChI is InChI=1S/C14H17N5O2/c1-10-8-18(7-6-13(10)20)14(21)11-2-4-12(5-3-11)19-9-15-16-17-19/h2-5,9-10,13,20H,6-8H2,1H3. The second kappa shape index (κ2) is 5.61. The largest absolute Gasteiger partial charge is 0.393 e. The van der Waals surface area contributed by atoms with E-state index in [1.54, 1.807) is 17.0 Å². The van der Waals surface area contributed by atoms with Crippen molar-refractivity contribution >= 4 is 5.91 Å². The Morgan fingerprint density at radius 1 is 1.33 bits per heavy atom. The molecule has 1 N–H and O–H groups in total. The van der Waals surface area contributed by atoms with Gasteiger partial charge in [-0.1, -0.05) is 6.92 Å². The summed E-state index contributed by atoms with van der Waals surface area (Å²) in [5, 5.41) is 20.7. The molecule has 110 valence electrons. The Kier molecular flexibility index (Phi) is 3.66. The molecule has 21 heavy (non-hydrogen) atoms. The zero-order valence-electron chi connectivity index (χ0n) is 11.8. The zero-order chi connectivity index (χ0) is 14.8. The fraction of sp³-hybridized carbons (Fsp3) is 0.429. The van der Waals surface area contributed by atoms with Gasteiger partial charge in [0.1, 0.15) is 6.33 Å². The Morgan fingerprint density at radius 3 is 2.71 bits per heavy atom. The fourth-order valence-electron chi connectivity index (χ4n) is 2.54. The van der Waals surface area contributed by atoms with Gasteiger partial charge in [0, 0.05) is 18.7 Å². The summed E-state index contributed by atoms with van der Waals surface area (Å²) >= 11 is 0. The van der Waals surface area contributed by atoms with Gasteiger partial charge in [-0.3, -0.25) is 4.79 Å². The topological polar surface area (TPSA) is 84.1 Å². The van der Waals surface area contributed by atoms with E-state index < -0.39 is 0 Å². The normalized spacial score (nSPS) is 22.3. The van der Waals surface area contributed by atoms with Crippen LogP contribution in [0, 0.1) is 5.92 Å². The molecule has 0 radical (unpaired) electrons. The quantitative estimate of drug-likeness (QED) is 0.869. The van der Waals surface area contributed by atoms with Crippen molar-refractivity contribution < 1.29 is 9.90 Å². The summed E-state index contributed by atoms with van der Waals surface area (Å²) < 4.78 is 1.54. The van der Waals surface area contributed by atoms with E-state index in [0.717, 1.165) is 5.69 Å². The smallest absolute Gasteiger partial charge is 0.253 e. The van der Waals surface area contributed by atoms with Crippen molar-refractivity contribution in [1.82, 2.24) is 25.1 Å². The lowest BCUT2D eigenvalue weighted by molar-refractivity contribution is 0.0297. The maximum atomic E-state index is 12.4. The molecular weight excluding hydrogens is 270 g/mol. The number of aliphatic hydroxyl groups excluding tert-OH is 1. The highest BCUT2D eigenvalue weighted by atomic mass is 16.3. The minimum Gasteiger partial charge on any atom is -0.393 e. The van der Waals surface area contributed by atoms with Crippen molar-refractivity contribution in [3.8, 4) is 5.69 Å². The van der Waals surface area contributed by atoms with E-state index in [4.69, 9.17) is 0 Å². The number of piperidine rings is 1. The van der Waals surface area contributed by atoms with Gasteiger partial charge in [0.05, 0.1) is 11.8 Å². The van der Waals surface area contributed by atoms with Crippen molar-refractivity contribution in [2.75, 3.05) is 13.1 Å². The molecule has 3 rings (SSSR count). The first-order chi connectivity index (χ1) is 10.1. The summed E-state index contributed by atoms with van der Waals surface area (Å²) in [4.78, 5) is 14.2. The lowest BCUT2D eigenvalue weighted by Crippen LogP contribution is -2.44. The molecule has 0 bridgehead atoms. The second-order valence-electron chi connectivity index (χ2n) is 5.39. The van der Waals surface area contributed by atoms with Crippen LogP contribution in [0.15, 0.2) is 30.6 Å². The van der Waals surface area contributed by atoms with Gasteiger partial charge >= 0.3 is 0 Å². The molecule has 1 aromatic heterocycles.